The van der Waals surface area contributed by atoms with E-state index in [1.165, 1.54) is 0 Å². The third kappa shape index (κ3) is 1.91. The van der Waals surface area contributed by atoms with Crippen LogP contribution in [0.2, 0.25) is 5.02 Å². The quantitative estimate of drug-likeness (QED) is 0.645. The van der Waals surface area contributed by atoms with Crippen molar-refractivity contribution in [3.05, 3.63) is 24.6 Å². The van der Waals surface area contributed by atoms with Crippen LogP contribution < -0.4 is 0 Å². The summed E-state index contributed by atoms with van der Waals surface area (Å²) in [6.07, 6.45) is 3.48. The van der Waals surface area contributed by atoms with Gasteiger partial charge in [0.15, 0.2) is 0 Å². The number of nitrogens with zero attached hydrogens (tertiary/aromatic N) is 1. The first kappa shape index (κ1) is 8.00. The SMILES string of the molecule is Clc1c(I)cncc1I. The molecule has 1 aromatic rings. The third-order valence-corrected chi connectivity index (χ3v) is 3.48. The predicted octanol–water partition coefficient (Wildman–Crippen LogP) is 2.94. The Balaban J connectivity index is 3.25. The van der Waals surface area contributed by atoms with Crippen LogP contribution in [0.25, 0.3) is 0 Å². The van der Waals surface area contributed by atoms with E-state index in [0.717, 1.165) is 12.2 Å². The molecule has 0 atom stereocenters. The highest BCUT2D eigenvalue weighted by atomic mass is 127. The Morgan fingerprint density at radius 1 is 1.22 bits per heavy atom. The minimum Gasteiger partial charge on any atom is -0.262 e. The number of rotatable bonds is 0. The van der Waals surface area contributed by atoms with Crippen LogP contribution in [0.4, 0.5) is 0 Å². The van der Waals surface area contributed by atoms with Crippen LogP contribution in [0.3, 0.4) is 0 Å². The second kappa shape index (κ2) is 3.34. The Bertz CT molecular complexity index is 206. The maximum atomic E-state index is 5.82. The Morgan fingerprint density at radius 3 is 2.00 bits per heavy atom. The van der Waals surface area contributed by atoms with E-state index in [1.807, 2.05) is 0 Å². The van der Waals surface area contributed by atoms with E-state index in [1.54, 1.807) is 12.4 Å². The van der Waals surface area contributed by atoms with Crippen LogP contribution in [-0.4, -0.2) is 4.98 Å². The monoisotopic (exact) mass is 365 g/mol. The van der Waals surface area contributed by atoms with Gasteiger partial charge >= 0.3 is 0 Å². The second-order valence-corrected chi connectivity index (χ2v) is 4.12. The average Bonchev–Trinajstić information content (AvgIpc) is 1.83. The summed E-state index contributed by atoms with van der Waals surface area (Å²) in [5, 5.41) is 0.797. The molecule has 0 saturated heterocycles. The maximum absolute atomic E-state index is 5.82. The Labute approximate surface area is 85.5 Å². The first-order valence-corrected chi connectivity index (χ1v) is 4.70. The average molecular weight is 365 g/mol. The van der Waals surface area contributed by atoms with Crippen LogP contribution in [0.15, 0.2) is 12.4 Å². The van der Waals surface area contributed by atoms with E-state index < -0.39 is 0 Å². The summed E-state index contributed by atoms with van der Waals surface area (Å²) in [5.41, 5.74) is 0. The van der Waals surface area contributed by atoms with Crippen molar-refractivity contribution in [1.29, 1.82) is 0 Å². The number of aromatic nitrogens is 1. The molecule has 1 nitrogen and oxygen atoms in total. The van der Waals surface area contributed by atoms with Gasteiger partial charge in [-0.3, -0.25) is 4.98 Å². The zero-order valence-corrected chi connectivity index (χ0v) is 9.31. The molecule has 0 aliphatic heterocycles. The molecule has 1 rings (SSSR count). The van der Waals surface area contributed by atoms with Gasteiger partial charge < -0.3 is 0 Å². The van der Waals surface area contributed by atoms with Crippen LogP contribution >= 0.6 is 56.8 Å². The van der Waals surface area contributed by atoms with Crippen molar-refractivity contribution in [2.24, 2.45) is 0 Å². The van der Waals surface area contributed by atoms with Crippen LogP contribution in [0.5, 0.6) is 0 Å². The van der Waals surface area contributed by atoms with Crippen molar-refractivity contribution in [3.8, 4) is 0 Å². The van der Waals surface area contributed by atoms with Gasteiger partial charge in [0.1, 0.15) is 0 Å². The minimum atomic E-state index is 0.797. The van der Waals surface area contributed by atoms with Crippen molar-refractivity contribution in [2.45, 2.75) is 0 Å². The van der Waals surface area contributed by atoms with Gasteiger partial charge in [0.2, 0.25) is 0 Å². The third-order valence-electron chi connectivity index (χ3n) is 0.795. The van der Waals surface area contributed by atoms with Gasteiger partial charge in [-0.2, -0.15) is 0 Å². The minimum absolute atomic E-state index is 0.797. The standard InChI is InChI=1S/C5H2ClI2N/c6-5-3(7)1-9-2-4(5)8/h1-2H. The predicted molar refractivity (Wildman–Crippen MR) is 54.7 cm³/mol. The van der Waals surface area contributed by atoms with Gasteiger partial charge in [0.05, 0.1) is 12.2 Å². The molecule has 0 spiro atoms. The first-order chi connectivity index (χ1) is 4.22. The van der Waals surface area contributed by atoms with Crippen LogP contribution in [-0.2, 0) is 0 Å². The zero-order chi connectivity index (χ0) is 6.85. The van der Waals surface area contributed by atoms with E-state index in [4.69, 9.17) is 11.6 Å². The lowest BCUT2D eigenvalue weighted by Crippen LogP contribution is -1.80. The van der Waals surface area contributed by atoms with E-state index in [-0.39, 0.29) is 0 Å². The first-order valence-electron chi connectivity index (χ1n) is 2.16. The fraction of sp³-hybridized carbons (Fsp3) is 0. The van der Waals surface area contributed by atoms with Crippen LogP contribution in [0, 0.1) is 7.14 Å². The molecule has 0 amide bonds. The van der Waals surface area contributed by atoms with Crippen molar-refractivity contribution >= 4 is 56.8 Å². The summed E-state index contributed by atoms with van der Waals surface area (Å²) in [6, 6.07) is 0. The highest BCUT2D eigenvalue weighted by Gasteiger charge is 1.98. The fourth-order valence-corrected chi connectivity index (χ4v) is 1.91. The number of halogens is 3. The Morgan fingerprint density at radius 2 is 1.67 bits per heavy atom. The summed E-state index contributed by atoms with van der Waals surface area (Å²) >= 11 is 10.1. The van der Waals surface area contributed by atoms with Crippen molar-refractivity contribution in [1.82, 2.24) is 4.98 Å². The van der Waals surface area contributed by atoms with E-state index in [2.05, 4.69) is 50.2 Å². The lowest BCUT2D eigenvalue weighted by atomic mass is 10.5. The largest absolute Gasteiger partial charge is 0.262 e. The molecule has 9 heavy (non-hydrogen) atoms. The molecule has 0 aliphatic rings. The molecule has 0 fully saturated rings. The van der Waals surface area contributed by atoms with E-state index >= 15 is 0 Å². The Kier molecular flexibility index (Phi) is 2.97. The molecule has 0 aliphatic carbocycles. The lowest BCUT2D eigenvalue weighted by Gasteiger charge is -1.94. The molecule has 0 radical (unpaired) electrons. The van der Waals surface area contributed by atoms with Gasteiger partial charge in [-0.05, 0) is 45.2 Å². The topological polar surface area (TPSA) is 12.9 Å². The fourth-order valence-electron chi connectivity index (χ4n) is 0.396. The molecule has 0 N–H and O–H groups in total. The van der Waals surface area contributed by atoms with E-state index in [9.17, 15) is 0 Å². The van der Waals surface area contributed by atoms with Gasteiger partial charge in [-0.15, -0.1) is 0 Å². The summed E-state index contributed by atoms with van der Waals surface area (Å²) in [4.78, 5) is 3.95. The second-order valence-electron chi connectivity index (χ2n) is 1.42. The molecule has 1 aromatic heterocycles. The van der Waals surface area contributed by atoms with Crippen LogP contribution in [0.1, 0.15) is 0 Å². The van der Waals surface area contributed by atoms with Gasteiger partial charge in [0, 0.05) is 12.4 Å². The van der Waals surface area contributed by atoms with Crippen molar-refractivity contribution in [2.75, 3.05) is 0 Å². The van der Waals surface area contributed by atoms with Gasteiger partial charge in [0.25, 0.3) is 0 Å². The molecule has 1 heterocycles. The number of hydrogen-bond donors (Lipinski definition) is 0. The highest BCUT2D eigenvalue weighted by Crippen LogP contribution is 2.22. The van der Waals surface area contributed by atoms with Crippen molar-refractivity contribution < 1.29 is 0 Å². The van der Waals surface area contributed by atoms with Gasteiger partial charge in [-0.1, -0.05) is 11.6 Å². The molecule has 48 valence electrons. The summed E-state index contributed by atoms with van der Waals surface area (Å²) in [7, 11) is 0. The molecular formula is C5H2ClI2N. The normalized spacial score (nSPS) is 9.67. The van der Waals surface area contributed by atoms with Crippen molar-refractivity contribution in [3.63, 3.8) is 0 Å². The molecule has 0 bridgehead atoms. The summed E-state index contributed by atoms with van der Waals surface area (Å²) in [5.74, 6) is 0. The maximum Gasteiger partial charge on any atom is 0.0704 e. The molecule has 0 unspecified atom stereocenters. The Hall–Kier alpha value is 0.900. The summed E-state index contributed by atoms with van der Waals surface area (Å²) in [6.45, 7) is 0. The molecule has 4 heteroatoms. The highest BCUT2D eigenvalue weighted by molar-refractivity contribution is 14.1. The van der Waals surface area contributed by atoms with Gasteiger partial charge in [-0.25, -0.2) is 0 Å². The zero-order valence-electron chi connectivity index (χ0n) is 4.24. The molecular weight excluding hydrogens is 363 g/mol. The van der Waals surface area contributed by atoms with E-state index in [0.29, 0.717) is 0 Å². The molecule has 0 saturated carbocycles. The molecule has 0 aromatic carbocycles. The number of pyridine rings is 1. The summed E-state index contributed by atoms with van der Waals surface area (Å²) < 4.78 is 2.00. The smallest absolute Gasteiger partial charge is 0.0704 e. The lowest BCUT2D eigenvalue weighted by molar-refractivity contribution is 1.29. The number of hydrogen-bond acceptors (Lipinski definition) is 1.